The Hall–Kier alpha value is -2.62. The fourth-order valence-corrected chi connectivity index (χ4v) is 6.50. The van der Waals surface area contributed by atoms with Crippen LogP contribution in [0.2, 0.25) is 0 Å². The summed E-state index contributed by atoms with van der Waals surface area (Å²) in [5, 5.41) is 5.88. The number of piperidine rings is 1. The second-order valence-corrected chi connectivity index (χ2v) is 10.8. The molecule has 1 saturated carbocycles. The molecule has 6 rings (SSSR count). The van der Waals surface area contributed by atoms with Gasteiger partial charge in [0.1, 0.15) is 0 Å². The Morgan fingerprint density at radius 1 is 0.588 bits per heavy atom. The van der Waals surface area contributed by atoms with Crippen molar-refractivity contribution < 1.29 is 0 Å². The third-order valence-corrected chi connectivity index (χ3v) is 8.57. The van der Waals surface area contributed by atoms with Crippen LogP contribution in [0.1, 0.15) is 66.8 Å². The molecule has 7 nitrogen and oxygen atoms in total. The van der Waals surface area contributed by atoms with Gasteiger partial charge in [0.2, 0.25) is 0 Å². The van der Waals surface area contributed by atoms with E-state index in [9.17, 15) is 0 Å². The van der Waals surface area contributed by atoms with Gasteiger partial charge in [-0.1, -0.05) is 19.3 Å². The van der Waals surface area contributed by atoms with Crippen LogP contribution in [0.4, 0.5) is 0 Å². The molecule has 34 heavy (non-hydrogen) atoms. The molecule has 4 aromatic rings. The van der Waals surface area contributed by atoms with Gasteiger partial charge >= 0.3 is 0 Å². The fourth-order valence-electron chi connectivity index (χ4n) is 4.43. The van der Waals surface area contributed by atoms with E-state index >= 15 is 0 Å². The topological polar surface area (TPSA) is 89.4 Å². The van der Waals surface area contributed by atoms with Gasteiger partial charge in [-0.25, -0.2) is 29.9 Å². The molecule has 0 radical (unpaired) electrons. The van der Waals surface area contributed by atoms with Gasteiger partial charge in [0.05, 0.1) is 19.8 Å². The highest BCUT2D eigenvalue weighted by Crippen LogP contribution is 2.36. The zero-order valence-corrected chi connectivity index (χ0v) is 20.8. The minimum absolute atomic E-state index is 0.610. The zero-order valence-electron chi connectivity index (χ0n) is 19.1. The van der Waals surface area contributed by atoms with Gasteiger partial charge in [-0.05, 0) is 50.9 Å². The molecule has 1 aliphatic heterocycles. The predicted molar refractivity (Wildman–Crippen MR) is 137 cm³/mol. The summed E-state index contributed by atoms with van der Waals surface area (Å²) in [6, 6.07) is 3.67. The molecule has 0 unspecified atom stereocenters. The summed E-state index contributed by atoms with van der Waals surface area (Å²) >= 11 is 3.48. The van der Waals surface area contributed by atoms with Gasteiger partial charge in [-0.3, -0.25) is 0 Å². The molecular formula is C25H29N7S2. The maximum Gasteiger partial charge on any atom is 0.171 e. The van der Waals surface area contributed by atoms with Crippen LogP contribution in [-0.2, 0) is 0 Å². The predicted octanol–water partition coefficient (Wildman–Crippen LogP) is 5.71. The van der Waals surface area contributed by atoms with Gasteiger partial charge in [0, 0.05) is 49.0 Å². The number of nitrogens with zero attached hydrogens (tertiary/aromatic N) is 6. The molecule has 0 aromatic carbocycles. The van der Waals surface area contributed by atoms with E-state index in [2.05, 4.69) is 35.2 Å². The van der Waals surface area contributed by atoms with Crippen molar-refractivity contribution in [2.45, 2.75) is 56.8 Å². The van der Waals surface area contributed by atoms with Crippen LogP contribution in [0.5, 0.6) is 0 Å². The lowest BCUT2D eigenvalue weighted by Crippen LogP contribution is -2.26. The van der Waals surface area contributed by atoms with Crippen LogP contribution >= 0.6 is 22.7 Å². The smallest absolute Gasteiger partial charge is 0.171 e. The number of hydrogen-bond acceptors (Lipinski definition) is 9. The van der Waals surface area contributed by atoms with E-state index in [4.69, 9.17) is 0 Å². The first-order valence-corrected chi connectivity index (χ1v) is 13.7. The second-order valence-electron chi connectivity index (χ2n) is 8.63. The van der Waals surface area contributed by atoms with E-state index in [-0.39, 0.29) is 0 Å². The van der Waals surface area contributed by atoms with Crippen molar-refractivity contribution in [2.75, 3.05) is 13.1 Å². The van der Waals surface area contributed by atoms with E-state index in [1.54, 1.807) is 47.5 Å². The Labute approximate surface area is 208 Å². The van der Waals surface area contributed by atoms with Gasteiger partial charge in [0.15, 0.2) is 11.6 Å². The molecule has 4 aromatic heterocycles. The summed E-state index contributed by atoms with van der Waals surface area (Å²) in [5.74, 6) is 2.86. The van der Waals surface area contributed by atoms with E-state index in [1.807, 2.05) is 24.5 Å². The summed E-state index contributed by atoms with van der Waals surface area (Å²) in [5.41, 5.74) is 0. The van der Waals surface area contributed by atoms with E-state index in [1.165, 1.54) is 55.0 Å². The summed E-state index contributed by atoms with van der Waals surface area (Å²) < 4.78 is 0. The van der Waals surface area contributed by atoms with Crippen molar-refractivity contribution in [2.24, 2.45) is 0 Å². The first-order chi connectivity index (χ1) is 16.9. The molecule has 0 bridgehead atoms. The van der Waals surface area contributed by atoms with Crippen molar-refractivity contribution >= 4 is 22.7 Å². The van der Waals surface area contributed by atoms with Crippen LogP contribution in [0.15, 0.2) is 49.3 Å². The molecule has 0 spiro atoms. The third-order valence-electron chi connectivity index (χ3n) is 6.26. The monoisotopic (exact) mass is 491 g/mol. The van der Waals surface area contributed by atoms with Gasteiger partial charge in [-0.15, -0.1) is 22.7 Å². The number of rotatable bonds is 4. The van der Waals surface area contributed by atoms with Crippen molar-refractivity contribution in [3.63, 3.8) is 0 Å². The Morgan fingerprint density at radius 3 is 1.56 bits per heavy atom. The quantitative estimate of drug-likeness (QED) is 0.391. The van der Waals surface area contributed by atoms with E-state index in [0.717, 1.165) is 34.5 Å². The molecular weight excluding hydrogens is 462 g/mol. The lowest BCUT2D eigenvalue weighted by Gasteiger charge is -2.20. The van der Waals surface area contributed by atoms with Crippen molar-refractivity contribution in [3.05, 3.63) is 59.3 Å². The van der Waals surface area contributed by atoms with Crippen molar-refractivity contribution in [3.8, 4) is 21.4 Å². The fraction of sp³-hybridized carbons (Fsp3) is 0.440. The standard InChI is InChI=1S/C13H15N3S.C12H14N4S/c1-2-5-10(6-3-1)13-16-9-11(17-13)12-14-7-4-8-15-12;1-4-14-11(15-5-1)10-8-16-12(17-10)9-2-6-13-7-3-9/h4,7-10H,1-3,5-6H2;1,4-5,8-9,13H,2-3,6-7H2. The highest BCUT2D eigenvalue weighted by Gasteiger charge is 2.20. The Kier molecular flexibility index (Phi) is 7.95. The first kappa shape index (κ1) is 23.1. The summed E-state index contributed by atoms with van der Waals surface area (Å²) in [6.45, 7) is 2.20. The Bertz CT molecular complexity index is 1040. The molecule has 176 valence electrons. The molecule has 1 N–H and O–H groups in total. The third kappa shape index (κ3) is 5.89. The van der Waals surface area contributed by atoms with Crippen molar-refractivity contribution in [1.82, 2.24) is 35.2 Å². The molecule has 2 aliphatic rings. The molecule has 5 heterocycles. The average molecular weight is 492 g/mol. The lowest BCUT2D eigenvalue weighted by atomic mass is 9.90. The maximum absolute atomic E-state index is 4.55. The van der Waals surface area contributed by atoms with Gasteiger partial charge < -0.3 is 5.32 Å². The highest BCUT2D eigenvalue weighted by atomic mass is 32.1. The SMILES string of the molecule is c1cnc(-c2cnc(C3CCCCC3)s2)nc1.c1cnc(-c2cnc(C3CCNCC3)s2)nc1. The molecule has 0 atom stereocenters. The minimum Gasteiger partial charge on any atom is -0.317 e. The number of aromatic nitrogens is 6. The Balaban J connectivity index is 0.000000142. The van der Waals surface area contributed by atoms with Crippen molar-refractivity contribution in [1.29, 1.82) is 0 Å². The van der Waals surface area contributed by atoms with Crippen LogP contribution in [-0.4, -0.2) is 43.0 Å². The minimum atomic E-state index is 0.610. The molecule has 9 heteroatoms. The highest BCUT2D eigenvalue weighted by molar-refractivity contribution is 7.15. The number of nitrogens with one attached hydrogen (secondary N) is 1. The molecule has 1 aliphatic carbocycles. The van der Waals surface area contributed by atoms with Crippen LogP contribution < -0.4 is 5.32 Å². The van der Waals surface area contributed by atoms with E-state index < -0.39 is 0 Å². The summed E-state index contributed by atoms with van der Waals surface area (Å²) in [7, 11) is 0. The molecule has 1 saturated heterocycles. The van der Waals surface area contributed by atoms with Crippen LogP contribution in [0, 0.1) is 0 Å². The van der Waals surface area contributed by atoms with Gasteiger partial charge in [-0.2, -0.15) is 0 Å². The zero-order chi connectivity index (χ0) is 23.0. The number of thiazole rings is 2. The summed E-state index contributed by atoms with van der Waals surface area (Å²) in [6.07, 6.45) is 20.0. The second kappa shape index (κ2) is 11.7. The lowest BCUT2D eigenvalue weighted by molar-refractivity contribution is 0.442. The molecule has 0 amide bonds. The van der Waals surface area contributed by atoms with Gasteiger partial charge in [0.25, 0.3) is 0 Å². The first-order valence-electron chi connectivity index (χ1n) is 12.0. The molecule has 2 fully saturated rings. The maximum atomic E-state index is 4.55. The normalized spacial score (nSPS) is 17.2. The average Bonchev–Trinajstić information content (AvgIpc) is 3.62. The summed E-state index contributed by atoms with van der Waals surface area (Å²) in [4.78, 5) is 28.3. The largest absolute Gasteiger partial charge is 0.317 e. The van der Waals surface area contributed by atoms with Crippen LogP contribution in [0.3, 0.4) is 0 Å². The Morgan fingerprint density at radius 2 is 1.06 bits per heavy atom. The van der Waals surface area contributed by atoms with Crippen LogP contribution in [0.25, 0.3) is 21.4 Å². The van der Waals surface area contributed by atoms with E-state index in [0.29, 0.717) is 11.8 Å². The number of hydrogen-bond donors (Lipinski definition) is 1.